The molecular formula is C24H24ClFN4O4S. The smallest absolute Gasteiger partial charge is 0.151 e. The molecule has 3 saturated heterocycles. The lowest BCUT2D eigenvalue weighted by Gasteiger charge is -2.21. The van der Waals surface area contributed by atoms with E-state index in [9.17, 15) is 8.60 Å². The van der Waals surface area contributed by atoms with Crippen LogP contribution in [0.25, 0.3) is 10.9 Å². The molecule has 2 aromatic carbocycles. The summed E-state index contributed by atoms with van der Waals surface area (Å²) in [5.74, 6) is 1.54. The van der Waals surface area contributed by atoms with E-state index in [0.29, 0.717) is 63.6 Å². The third-order valence-electron chi connectivity index (χ3n) is 6.52. The van der Waals surface area contributed by atoms with Gasteiger partial charge in [0.05, 0.1) is 49.7 Å². The number of rotatable bonds is 5. The Bertz CT molecular complexity index is 1400. The van der Waals surface area contributed by atoms with Crippen molar-refractivity contribution in [3.8, 4) is 5.75 Å². The number of ether oxygens (including phenoxy) is 3. The van der Waals surface area contributed by atoms with Crippen LogP contribution in [0.5, 0.6) is 5.75 Å². The second-order valence-electron chi connectivity index (χ2n) is 8.94. The summed E-state index contributed by atoms with van der Waals surface area (Å²) in [6.45, 7) is 1.00. The molecule has 6 rings (SSSR count). The van der Waals surface area contributed by atoms with Crippen LogP contribution in [0, 0.1) is 5.82 Å². The Morgan fingerprint density at radius 1 is 1.17 bits per heavy atom. The maximum Gasteiger partial charge on any atom is 0.151 e. The van der Waals surface area contributed by atoms with E-state index in [1.54, 1.807) is 18.2 Å². The van der Waals surface area contributed by atoms with Crippen LogP contribution in [-0.4, -0.2) is 57.2 Å². The molecule has 3 fully saturated rings. The molecule has 3 aliphatic rings. The first kappa shape index (κ1) is 22.9. The van der Waals surface area contributed by atoms with Crippen LogP contribution < -0.4 is 10.1 Å². The van der Waals surface area contributed by atoms with Crippen molar-refractivity contribution in [1.29, 1.82) is 0 Å². The third kappa shape index (κ3) is 4.55. The number of benzene rings is 2. The van der Waals surface area contributed by atoms with Crippen LogP contribution in [0.2, 0.25) is 5.02 Å². The van der Waals surface area contributed by atoms with Crippen LogP contribution >= 0.6 is 11.6 Å². The molecule has 35 heavy (non-hydrogen) atoms. The van der Waals surface area contributed by atoms with Gasteiger partial charge in [0, 0.05) is 24.2 Å². The summed E-state index contributed by atoms with van der Waals surface area (Å²) in [5, 5.41) is 4.17. The Balaban J connectivity index is 1.33. The predicted molar refractivity (Wildman–Crippen MR) is 132 cm³/mol. The number of anilines is 2. The van der Waals surface area contributed by atoms with Gasteiger partial charge in [-0.3, -0.25) is 0 Å². The van der Waals surface area contributed by atoms with Gasteiger partial charge in [-0.2, -0.15) is 4.36 Å². The van der Waals surface area contributed by atoms with Crippen molar-refractivity contribution in [3.63, 3.8) is 0 Å². The van der Waals surface area contributed by atoms with Crippen LogP contribution in [0.15, 0.2) is 41.0 Å². The molecule has 0 unspecified atom stereocenters. The molecule has 0 bridgehead atoms. The lowest BCUT2D eigenvalue weighted by atomic mass is 10.1. The number of fused-ring (bicyclic) bond motifs is 2. The Labute approximate surface area is 207 Å². The van der Waals surface area contributed by atoms with Gasteiger partial charge in [0.25, 0.3) is 0 Å². The highest BCUT2D eigenvalue weighted by Crippen LogP contribution is 2.38. The number of hydrogen-bond donors (Lipinski definition) is 1. The van der Waals surface area contributed by atoms with E-state index in [0.717, 1.165) is 19.3 Å². The van der Waals surface area contributed by atoms with E-state index in [1.165, 1.54) is 18.5 Å². The molecule has 184 valence electrons. The minimum Gasteiger partial charge on any atom is -0.483 e. The summed E-state index contributed by atoms with van der Waals surface area (Å²) in [6, 6.07) is 7.69. The highest BCUT2D eigenvalue weighted by atomic mass is 35.5. The number of nitrogens with zero attached hydrogens (tertiary/aromatic N) is 3. The maximum absolute atomic E-state index is 14.1. The fourth-order valence-corrected chi connectivity index (χ4v) is 7.32. The first-order valence-corrected chi connectivity index (χ1v) is 13.8. The molecule has 0 aliphatic carbocycles. The Hall–Kier alpha value is -2.53. The summed E-state index contributed by atoms with van der Waals surface area (Å²) in [4.78, 5) is 8.71. The minimum atomic E-state index is -2.24. The number of nitrogens with one attached hydrogen (secondary N) is 1. The Kier molecular flexibility index (Phi) is 6.00. The fraction of sp³-hybridized carbons (Fsp3) is 0.417. The zero-order valence-electron chi connectivity index (χ0n) is 18.8. The second kappa shape index (κ2) is 9.16. The lowest BCUT2D eigenvalue weighted by Crippen LogP contribution is -2.32. The van der Waals surface area contributed by atoms with E-state index in [4.69, 9.17) is 25.8 Å². The van der Waals surface area contributed by atoms with Crippen LogP contribution in [0.3, 0.4) is 0 Å². The standard InChI is InChI=1S/C24H24ClFN4O4S/c25-16-10-15(30-35(31)7-1-2-8-35)11-18-22(16)24(28-13-27-18)29-17-4-3-14(26)9-20(17)34-21-12-33-19-5-6-32-23(19)21/h3-4,9-11,13,19,21,23H,1-2,5-8,12H2,(H,27,28,29)/t19-,21-,23+/m1/s1. The van der Waals surface area contributed by atoms with Crippen LogP contribution in [0.1, 0.15) is 19.3 Å². The summed E-state index contributed by atoms with van der Waals surface area (Å²) >= 11 is 6.63. The van der Waals surface area contributed by atoms with Gasteiger partial charge in [-0.15, -0.1) is 0 Å². The van der Waals surface area contributed by atoms with Gasteiger partial charge < -0.3 is 19.5 Å². The highest BCUT2D eigenvalue weighted by Gasteiger charge is 2.43. The SMILES string of the molecule is O=S1(=Nc2cc(Cl)c3c(Nc4ccc(F)cc4O[C@@H]4CO[C@@H]5CCO[C@@H]54)ncnc3c2)CCCC1. The molecule has 3 atom stereocenters. The lowest BCUT2D eigenvalue weighted by molar-refractivity contribution is 0.0310. The van der Waals surface area contributed by atoms with Crippen molar-refractivity contribution >= 4 is 49.4 Å². The number of hydrogen-bond acceptors (Lipinski definition) is 8. The number of halogens is 2. The molecule has 8 nitrogen and oxygen atoms in total. The molecule has 0 saturated carbocycles. The molecule has 11 heteroatoms. The second-order valence-corrected chi connectivity index (χ2v) is 11.9. The first-order valence-electron chi connectivity index (χ1n) is 11.6. The molecule has 1 N–H and O–H groups in total. The van der Waals surface area contributed by atoms with Crippen molar-refractivity contribution in [2.45, 2.75) is 37.6 Å². The highest BCUT2D eigenvalue weighted by molar-refractivity contribution is 7.93. The van der Waals surface area contributed by atoms with Gasteiger partial charge in [-0.25, -0.2) is 18.6 Å². The monoisotopic (exact) mass is 518 g/mol. The van der Waals surface area contributed by atoms with E-state index in [2.05, 4.69) is 19.6 Å². The van der Waals surface area contributed by atoms with E-state index >= 15 is 0 Å². The summed E-state index contributed by atoms with van der Waals surface area (Å²) in [7, 11) is -2.24. The third-order valence-corrected chi connectivity index (χ3v) is 9.21. The molecule has 4 heterocycles. The quantitative estimate of drug-likeness (QED) is 0.508. The van der Waals surface area contributed by atoms with Gasteiger partial charge in [0.2, 0.25) is 0 Å². The Morgan fingerprint density at radius 3 is 2.89 bits per heavy atom. The van der Waals surface area contributed by atoms with Gasteiger partial charge >= 0.3 is 0 Å². The molecule has 0 amide bonds. The van der Waals surface area contributed by atoms with E-state index in [1.807, 2.05) is 0 Å². The molecular weight excluding hydrogens is 495 g/mol. The zero-order chi connectivity index (χ0) is 24.0. The van der Waals surface area contributed by atoms with E-state index < -0.39 is 15.5 Å². The van der Waals surface area contributed by atoms with Crippen molar-refractivity contribution in [1.82, 2.24) is 9.97 Å². The normalized spacial score (nSPS) is 25.0. The average Bonchev–Trinajstić information content (AvgIpc) is 3.54. The fourth-order valence-electron chi connectivity index (χ4n) is 4.83. The predicted octanol–water partition coefficient (Wildman–Crippen LogP) is 4.99. The average molecular weight is 519 g/mol. The minimum absolute atomic E-state index is 0.00789. The zero-order valence-corrected chi connectivity index (χ0v) is 20.4. The van der Waals surface area contributed by atoms with Crippen molar-refractivity contribution in [3.05, 3.63) is 47.5 Å². The molecule has 3 aromatic rings. The maximum atomic E-state index is 14.1. The molecule has 0 radical (unpaired) electrons. The van der Waals surface area contributed by atoms with Crippen molar-refractivity contribution in [2.75, 3.05) is 30.0 Å². The van der Waals surface area contributed by atoms with Gasteiger partial charge in [0.1, 0.15) is 29.8 Å². The van der Waals surface area contributed by atoms with Gasteiger partial charge in [0.15, 0.2) is 6.10 Å². The summed E-state index contributed by atoms with van der Waals surface area (Å²) < 4.78 is 49.2. The largest absolute Gasteiger partial charge is 0.483 e. The first-order chi connectivity index (χ1) is 17.0. The van der Waals surface area contributed by atoms with Gasteiger partial charge in [-0.1, -0.05) is 11.6 Å². The topological polar surface area (TPSA) is 94.9 Å². The van der Waals surface area contributed by atoms with E-state index in [-0.39, 0.29) is 18.3 Å². The Morgan fingerprint density at radius 2 is 2.03 bits per heavy atom. The number of aromatic nitrogens is 2. The molecule has 3 aliphatic heterocycles. The van der Waals surface area contributed by atoms with Gasteiger partial charge in [-0.05, 0) is 43.5 Å². The van der Waals surface area contributed by atoms with Crippen molar-refractivity contribution < 1.29 is 22.8 Å². The summed E-state index contributed by atoms with van der Waals surface area (Å²) in [6.07, 6.45) is 3.57. The van der Waals surface area contributed by atoms with Crippen LogP contribution in [-0.2, 0) is 19.2 Å². The molecule has 0 spiro atoms. The van der Waals surface area contributed by atoms with Crippen molar-refractivity contribution in [2.24, 2.45) is 4.36 Å². The van der Waals surface area contributed by atoms with Crippen LogP contribution in [0.4, 0.5) is 21.6 Å². The summed E-state index contributed by atoms with van der Waals surface area (Å²) in [5.41, 5.74) is 1.62. The molecule has 1 aromatic heterocycles.